The maximum atomic E-state index is 12.7. The summed E-state index contributed by atoms with van der Waals surface area (Å²) in [7, 11) is 4.02. The highest BCUT2D eigenvalue weighted by molar-refractivity contribution is 6.08. The second-order valence-electron chi connectivity index (χ2n) is 10.9. The Labute approximate surface area is 217 Å². The van der Waals surface area contributed by atoms with Gasteiger partial charge in [0.2, 0.25) is 0 Å². The predicted molar refractivity (Wildman–Crippen MR) is 145 cm³/mol. The zero-order chi connectivity index (χ0) is 26.5. The Morgan fingerprint density at radius 2 is 1.97 bits per heavy atom. The average molecular weight is 500 g/mol. The van der Waals surface area contributed by atoms with Crippen LogP contribution in [-0.2, 0) is 22.5 Å². The second kappa shape index (κ2) is 9.39. The molecule has 5 rings (SSSR count). The van der Waals surface area contributed by atoms with Crippen LogP contribution in [0.3, 0.4) is 0 Å². The number of nitrogens with zero attached hydrogens (tertiary/aromatic N) is 3. The first kappa shape index (κ1) is 25.1. The molecule has 1 N–H and O–H groups in total. The van der Waals surface area contributed by atoms with E-state index in [2.05, 4.69) is 4.90 Å². The number of fused-ring (bicyclic) bond motifs is 1. The summed E-state index contributed by atoms with van der Waals surface area (Å²) in [4.78, 5) is 24.5. The van der Waals surface area contributed by atoms with Crippen LogP contribution in [0.15, 0.2) is 42.6 Å². The molecule has 7 nitrogen and oxygen atoms in total. The number of carboxylic acids is 1. The van der Waals surface area contributed by atoms with Crippen LogP contribution >= 0.6 is 0 Å². The van der Waals surface area contributed by atoms with Crippen LogP contribution in [0.25, 0.3) is 32.9 Å². The van der Waals surface area contributed by atoms with Gasteiger partial charge in [-0.05, 0) is 88.8 Å². The van der Waals surface area contributed by atoms with Crippen molar-refractivity contribution in [1.29, 1.82) is 0 Å². The lowest BCUT2D eigenvalue weighted by molar-refractivity contribution is -0.160. The van der Waals surface area contributed by atoms with E-state index in [4.69, 9.17) is 19.4 Å². The van der Waals surface area contributed by atoms with Gasteiger partial charge in [-0.2, -0.15) is 0 Å². The normalized spacial score (nSPS) is 14.2. The van der Waals surface area contributed by atoms with Crippen LogP contribution in [0.1, 0.15) is 49.3 Å². The highest BCUT2D eigenvalue weighted by Crippen LogP contribution is 2.44. The number of hydrogen-bond acceptors (Lipinski definition) is 6. The quantitative estimate of drug-likeness (QED) is 0.364. The zero-order valence-electron chi connectivity index (χ0n) is 22.3. The summed E-state index contributed by atoms with van der Waals surface area (Å²) in [5.74, 6) is -0.228. The van der Waals surface area contributed by atoms with Gasteiger partial charge in [-0.1, -0.05) is 6.07 Å². The number of ether oxygens (including phenoxy) is 2. The summed E-state index contributed by atoms with van der Waals surface area (Å²) in [5, 5.41) is 12.2. The summed E-state index contributed by atoms with van der Waals surface area (Å²) in [5.41, 5.74) is 6.13. The number of aromatic nitrogens is 2. The number of aliphatic carboxylic acids is 1. The minimum Gasteiger partial charge on any atom is -0.493 e. The lowest BCUT2D eigenvalue weighted by atomic mass is 9.86. The summed E-state index contributed by atoms with van der Waals surface area (Å²) in [6.45, 7) is 8.88. The van der Waals surface area contributed by atoms with Crippen molar-refractivity contribution in [2.24, 2.45) is 0 Å². The van der Waals surface area contributed by atoms with Crippen molar-refractivity contribution in [2.75, 3.05) is 20.7 Å². The van der Waals surface area contributed by atoms with Crippen molar-refractivity contribution in [1.82, 2.24) is 14.9 Å². The Morgan fingerprint density at radius 1 is 1.19 bits per heavy atom. The average Bonchev–Trinajstić information content (AvgIpc) is 2.82. The third-order valence-electron chi connectivity index (χ3n) is 6.57. The van der Waals surface area contributed by atoms with E-state index in [-0.39, 0.29) is 0 Å². The summed E-state index contributed by atoms with van der Waals surface area (Å²) in [6.07, 6.45) is 1.46. The molecule has 4 aromatic rings. The largest absolute Gasteiger partial charge is 0.493 e. The van der Waals surface area contributed by atoms with Crippen molar-refractivity contribution in [2.45, 2.75) is 52.4 Å². The molecule has 1 atom stereocenters. The van der Waals surface area contributed by atoms with Gasteiger partial charge in [0.05, 0.1) is 28.9 Å². The van der Waals surface area contributed by atoms with E-state index in [0.29, 0.717) is 18.7 Å². The molecule has 1 aliphatic heterocycles. The molecule has 0 saturated carbocycles. The molecule has 0 fully saturated rings. The summed E-state index contributed by atoms with van der Waals surface area (Å²) < 4.78 is 12.1. The molecule has 0 saturated heterocycles. The first-order valence-electron chi connectivity index (χ1n) is 12.6. The van der Waals surface area contributed by atoms with Crippen LogP contribution in [0.5, 0.6) is 5.75 Å². The minimum absolute atomic E-state index is 0.622. The molecule has 3 heterocycles. The monoisotopic (exact) mass is 499 g/mol. The van der Waals surface area contributed by atoms with Crippen molar-refractivity contribution < 1.29 is 19.4 Å². The maximum Gasteiger partial charge on any atom is 0.337 e. The molecular formula is C30H33N3O4. The Kier molecular flexibility index (Phi) is 6.38. The van der Waals surface area contributed by atoms with Gasteiger partial charge in [0.25, 0.3) is 0 Å². The number of aryl methyl sites for hydroxylation is 1. The van der Waals surface area contributed by atoms with Crippen LogP contribution in [0, 0.1) is 6.92 Å². The highest BCUT2D eigenvalue weighted by atomic mass is 16.5. The fraction of sp³-hybridized carbons (Fsp3) is 0.367. The molecule has 0 unspecified atom stereocenters. The third-order valence-corrected chi connectivity index (χ3v) is 6.57. The Hall–Kier alpha value is -3.55. The van der Waals surface area contributed by atoms with Gasteiger partial charge >= 0.3 is 5.97 Å². The van der Waals surface area contributed by atoms with Gasteiger partial charge < -0.3 is 19.5 Å². The fourth-order valence-corrected chi connectivity index (χ4v) is 5.19. The van der Waals surface area contributed by atoms with E-state index in [1.165, 1.54) is 5.56 Å². The molecule has 0 radical (unpaired) electrons. The van der Waals surface area contributed by atoms with E-state index >= 15 is 0 Å². The fourth-order valence-electron chi connectivity index (χ4n) is 5.19. The zero-order valence-corrected chi connectivity index (χ0v) is 22.3. The SMILES string of the molecule is Cc1cc2nc(CN(C)C)ccc2c(-c2ccc3c4c(ccnc24)CCO3)c1[C@@H](OC(C)(C)C)C(=O)O. The molecule has 192 valence electrons. The second-order valence-corrected chi connectivity index (χ2v) is 10.9. The van der Waals surface area contributed by atoms with Gasteiger partial charge in [0, 0.05) is 41.1 Å². The molecule has 0 bridgehead atoms. The van der Waals surface area contributed by atoms with Crippen molar-refractivity contribution in [3.05, 3.63) is 65.0 Å². The smallest absolute Gasteiger partial charge is 0.337 e. The molecule has 1 aliphatic rings. The standard InChI is InChI=1S/C30H33N3O4/c1-17-15-22-20(8-7-19(32-22)16-33(5)6)26(24(17)28(29(34)35)37-30(2,3)4)21-9-10-23-25-18(12-14-36-23)11-13-31-27(21)25/h7-11,13,15,28H,12,14,16H2,1-6H3,(H,34,35)/t28-/m1/s1. The molecule has 2 aromatic heterocycles. The maximum absolute atomic E-state index is 12.7. The van der Waals surface area contributed by atoms with Gasteiger partial charge in [-0.15, -0.1) is 0 Å². The van der Waals surface area contributed by atoms with Gasteiger partial charge in [0.15, 0.2) is 6.10 Å². The first-order chi connectivity index (χ1) is 17.5. The number of benzene rings is 2. The lowest BCUT2D eigenvalue weighted by Crippen LogP contribution is -2.28. The van der Waals surface area contributed by atoms with Crippen LogP contribution in [-0.4, -0.2) is 52.2 Å². The predicted octanol–water partition coefficient (Wildman–Crippen LogP) is 5.70. The molecule has 2 aromatic carbocycles. The topological polar surface area (TPSA) is 84.8 Å². The van der Waals surface area contributed by atoms with Crippen LogP contribution < -0.4 is 4.74 Å². The number of rotatable bonds is 6. The highest BCUT2D eigenvalue weighted by Gasteiger charge is 2.32. The van der Waals surface area contributed by atoms with Gasteiger partial charge in [-0.3, -0.25) is 9.97 Å². The third kappa shape index (κ3) is 4.77. The molecule has 37 heavy (non-hydrogen) atoms. The van der Waals surface area contributed by atoms with Gasteiger partial charge in [-0.25, -0.2) is 4.79 Å². The van der Waals surface area contributed by atoms with E-state index in [1.807, 2.05) is 84.4 Å². The molecule has 7 heteroatoms. The Morgan fingerprint density at radius 3 is 2.68 bits per heavy atom. The lowest BCUT2D eigenvalue weighted by Gasteiger charge is -2.29. The molecule has 0 aliphatic carbocycles. The van der Waals surface area contributed by atoms with Crippen LogP contribution in [0.2, 0.25) is 0 Å². The van der Waals surface area contributed by atoms with E-state index in [1.54, 1.807) is 0 Å². The van der Waals surface area contributed by atoms with Gasteiger partial charge in [0.1, 0.15) is 5.75 Å². The first-order valence-corrected chi connectivity index (χ1v) is 12.6. The van der Waals surface area contributed by atoms with Crippen molar-refractivity contribution in [3.8, 4) is 16.9 Å². The van der Waals surface area contributed by atoms with E-state index in [0.717, 1.165) is 56.4 Å². The molecular weight excluding hydrogens is 466 g/mol. The van der Waals surface area contributed by atoms with Crippen molar-refractivity contribution in [3.63, 3.8) is 0 Å². The van der Waals surface area contributed by atoms with E-state index < -0.39 is 17.7 Å². The number of pyridine rings is 2. The molecule has 0 amide bonds. The Balaban J connectivity index is 1.88. The Bertz CT molecular complexity index is 1510. The van der Waals surface area contributed by atoms with Crippen LogP contribution in [0.4, 0.5) is 0 Å². The number of hydrogen-bond donors (Lipinski definition) is 1. The van der Waals surface area contributed by atoms with Crippen molar-refractivity contribution >= 4 is 27.8 Å². The minimum atomic E-state index is -1.16. The molecule has 0 spiro atoms. The number of carbonyl (C=O) groups is 1. The summed E-state index contributed by atoms with van der Waals surface area (Å²) in [6, 6.07) is 12.0. The number of carboxylic acid groups (broad SMARTS) is 1. The van der Waals surface area contributed by atoms with E-state index in [9.17, 15) is 9.90 Å². The summed E-state index contributed by atoms with van der Waals surface area (Å²) >= 11 is 0.